The summed E-state index contributed by atoms with van der Waals surface area (Å²) < 4.78 is 0. The number of rotatable bonds is 4. The summed E-state index contributed by atoms with van der Waals surface area (Å²) in [6.45, 7) is 4.50. The van der Waals surface area contributed by atoms with Gasteiger partial charge in [0.25, 0.3) is 0 Å². The molecule has 0 saturated carbocycles. The summed E-state index contributed by atoms with van der Waals surface area (Å²) in [4.78, 5) is 26.5. The number of carbonyl (C=O) groups excluding carboxylic acids is 2. The van der Waals surface area contributed by atoms with Crippen molar-refractivity contribution in [3.63, 3.8) is 0 Å². The van der Waals surface area contributed by atoms with Gasteiger partial charge in [-0.3, -0.25) is 9.59 Å². The fourth-order valence-corrected chi connectivity index (χ4v) is 3.04. The highest BCUT2D eigenvalue weighted by atomic mass is 16.2. The van der Waals surface area contributed by atoms with Crippen LogP contribution in [0.15, 0.2) is 48.5 Å². The molecule has 1 aliphatic rings. The Morgan fingerprint density at radius 3 is 2.75 bits per heavy atom. The van der Waals surface area contributed by atoms with Crippen LogP contribution in [0.5, 0.6) is 0 Å². The van der Waals surface area contributed by atoms with Gasteiger partial charge in [-0.25, -0.2) is 0 Å². The highest BCUT2D eigenvalue weighted by Gasteiger charge is 2.35. The van der Waals surface area contributed by atoms with Crippen molar-refractivity contribution in [3.8, 4) is 0 Å². The molecule has 0 aromatic heterocycles. The summed E-state index contributed by atoms with van der Waals surface area (Å²) in [5.74, 6) is -0.404. The van der Waals surface area contributed by atoms with Crippen LogP contribution in [-0.4, -0.2) is 18.4 Å². The molecule has 24 heavy (non-hydrogen) atoms. The first-order valence-corrected chi connectivity index (χ1v) is 8.33. The van der Waals surface area contributed by atoms with Crippen molar-refractivity contribution in [2.24, 2.45) is 5.92 Å². The Kier molecular flexibility index (Phi) is 4.65. The Morgan fingerprint density at radius 2 is 2.00 bits per heavy atom. The van der Waals surface area contributed by atoms with Crippen LogP contribution in [0.2, 0.25) is 0 Å². The first-order valence-electron chi connectivity index (χ1n) is 8.33. The van der Waals surface area contributed by atoms with Crippen LogP contribution in [0.4, 0.5) is 11.4 Å². The van der Waals surface area contributed by atoms with Crippen LogP contribution in [0.1, 0.15) is 24.5 Å². The number of nitrogens with one attached hydrogen (secondary N) is 1. The quantitative estimate of drug-likeness (QED) is 0.936. The first-order chi connectivity index (χ1) is 11.6. The van der Waals surface area contributed by atoms with E-state index >= 15 is 0 Å². The van der Waals surface area contributed by atoms with Gasteiger partial charge in [0.2, 0.25) is 11.8 Å². The third-order valence-electron chi connectivity index (χ3n) is 4.41. The van der Waals surface area contributed by atoms with E-state index in [-0.39, 0.29) is 24.2 Å². The molecule has 1 aliphatic heterocycles. The molecular formula is C20H22N2O2. The Bertz CT molecular complexity index is 770. The fourth-order valence-electron chi connectivity index (χ4n) is 3.04. The number of amides is 2. The van der Waals surface area contributed by atoms with Gasteiger partial charge in [-0.15, -0.1) is 0 Å². The predicted octanol–water partition coefficient (Wildman–Crippen LogP) is 3.55. The van der Waals surface area contributed by atoms with Crippen molar-refractivity contribution in [1.29, 1.82) is 0 Å². The first kappa shape index (κ1) is 16.2. The Labute approximate surface area is 142 Å². The van der Waals surface area contributed by atoms with E-state index in [4.69, 9.17) is 0 Å². The number of hydrogen-bond donors (Lipinski definition) is 1. The second kappa shape index (κ2) is 6.87. The molecule has 1 atom stereocenters. The lowest BCUT2D eigenvalue weighted by Crippen LogP contribution is -2.28. The lowest BCUT2D eigenvalue weighted by atomic mass is 10.1. The third kappa shape index (κ3) is 3.48. The monoisotopic (exact) mass is 322 g/mol. The lowest BCUT2D eigenvalue weighted by molar-refractivity contribution is -0.122. The van der Waals surface area contributed by atoms with Crippen LogP contribution in [0.25, 0.3) is 0 Å². The summed E-state index contributed by atoms with van der Waals surface area (Å²) in [6.07, 6.45) is 1.18. The minimum atomic E-state index is -0.316. The van der Waals surface area contributed by atoms with E-state index in [0.29, 0.717) is 6.54 Å². The summed E-state index contributed by atoms with van der Waals surface area (Å²) in [5.41, 5.74) is 3.94. The molecule has 2 aromatic carbocycles. The van der Waals surface area contributed by atoms with Gasteiger partial charge in [0, 0.05) is 24.3 Å². The lowest BCUT2D eigenvalue weighted by Gasteiger charge is -2.17. The van der Waals surface area contributed by atoms with Crippen LogP contribution >= 0.6 is 0 Å². The summed E-state index contributed by atoms with van der Waals surface area (Å²) in [5, 5.41) is 2.92. The number of anilines is 2. The van der Waals surface area contributed by atoms with Gasteiger partial charge in [0.1, 0.15) is 0 Å². The van der Waals surface area contributed by atoms with Crippen LogP contribution < -0.4 is 10.2 Å². The average Bonchev–Trinajstić information content (AvgIpc) is 2.97. The molecule has 1 heterocycles. The van der Waals surface area contributed by atoms with Crippen molar-refractivity contribution in [2.75, 3.05) is 16.8 Å². The molecule has 2 amide bonds. The van der Waals surface area contributed by atoms with Crippen molar-refractivity contribution >= 4 is 23.2 Å². The number of aryl methyl sites for hydroxylation is 2. The zero-order chi connectivity index (χ0) is 17.1. The van der Waals surface area contributed by atoms with E-state index in [9.17, 15) is 9.59 Å². The van der Waals surface area contributed by atoms with E-state index in [0.717, 1.165) is 23.4 Å². The minimum absolute atomic E-state index is 0.00708. The fraction of sp³-hybridized carbons (Fsp3) is 0.300. The van der Waals surface area contributed by atoms with E-state index in [1.54, 1.807) is 4.90 Å². The minimum Gasteiger partial charge on any atom is -0.326 e. The average molecular weight is 322 g/mol. The topological polar surface area (TPSA) is 49.4 Å². The van der Waals surface area contributed by atoms with Gasteiger partial charge in [-0.1, -0.05) is 31.2 Å². The van der Waals surface area contributed by atoms with Crippen molar-refractivity contribution in [2.45, 2.75) is 26.7 Å². The maximum Gasteiger partial charge on any atom is 0.229 e. The van der Waals surface area contributed by atoms with E-state index < -0.39 is 0 Å². The van der Waals surface area contributed by atoms with E-state index in [2.05, 4.69) is 12.2 Å². The second-order valence-electron chi connectivity index (χ2n) is 6.29. The molecule has 1 unspecified atom stereocenters. The molecule has 124 valence electrons. The zero-order valence-electron chi connectivity index (χ0n) is 14.1. The highest BCUT2D eigenvalue weighted by Crippen LogP contribution is 2.27. The maximum absolute atomic E-state index is 12.5. The number of hydrogen-bond acceptors (Lipinski definition) is 2. The summed E-state index contributed by atoms with van der Waals surface area (Å²) >= 11 is 0. The van der Waals surface area contributed by atoms with Crippen LogP contribution in [-0.2, 0) is 16.0 Å². The molecule has 4 nitrogen and oxygen atoms in total. The standard InChI is InChI=1S/C20H22N2O2/c1-3-15-7-5-9-18(11-15)22-13-16(12-19(22)23)20(24)21-17-8-4-6-14(2)10-17/h4-11,16H,3,12-13H2,1-2H3,(H,21,24). The van der Waals surface area contributed by atoms with Gasteiger partial charge < -0.3 is 10.2 Å². The maximum atomic E-state index is 12.5. The summed E-state index contributed by atoms with van der Waals surface area (Å²) in [7, 11) is 0. The molecule has 0 bridgehead atoms. The smallest absolute Gasteiger partial charge is 0.229 e. The normalized spacial score (nSPS) is 17.2. The SMILES string of the molecule is CCc1cccc(N2CC(C(=O)Nc3cccc(C)c3)CC2=O)c1. The van der Waals surface area contributed by atoms with E-state index in [1.807, 2.05) is 55.5 Å². The van der Waals surface area contributed by atoms with Crippen molar-refractivity contribution in [1.82, 2.24) is 0 Å². The van der Waals surface area contributed by atoms with Crippen LogP contribution in [0.3, 0.4) is 0 Å². The van der Waals surface area contributed by atoms with Gasteiger partial charge in [0.05, 0.1) is 5.92 Å². The van der Waals surface area contributed by atoms with Gasteiger partial charge in [0.15, 0.2) is 0 Å². The summed E-state index contributed by atoms with van der Waals surface area (Å²) in [6, 6.07) is 15.6. The van der Waals surface area contributed by atoms with Gasteiger partial charge in [-0.2, -0.15) is 0 Å². The highest BCUT2D eigenvalue weighted by molar-refractivity contribution is 6.03. The largest absolute Gasteiger partial charge is 0.326 e. The number of benzene rings is 2. The van der Waals surface area contributed by atoms with Gasteiger partial charge in [-0.05, 0) is 48.7 Å². The zero-order valence-corrected chi connectivity index (χ0v) is 14.1. The molecule has 2 aromatic rings. The van der Waals surface area contributed by atoms with Crippen LogP contribution in [0, 0.1) is 12.8 Å². The molecule has 0 radical (unpaired) electrons. The number of nitrogens with zero attached hydrogens (tertiary/aromatic N) is 1. The Balaban J connectivity index is 1.70. The Hall–Kier alpha value is -2.62. The molecule has 1 fully saturated rings. The van der Waals surface area contributed by atoms with Crippen molar-refractivity contribution in [3.05, 3.63) is 59.7 Å². The molecule has 1 N–H and O–H groups in total. The molecule has 4 heteroatoms. The van der Waals surface area contributed by atoms with E-state index in [1.165, 1.54) is 5.56 Å². The Morgan fingerprint density at radius 1 is 1.21 bits per heavy atom. The molecule has 0 aliphatic carbocycles. The molecule has 3 rings (SSSR count). The van der Waals surface area contributed by atoms with Gasteiger partial charge >= 0.3 is 0 Å². The number of carbonyl (C=O) groups is 2. The second-order valence-corrected chi connectivity index (χ2v) is 6.29. The predicted molar refractivity (Wildman–Crippen MR) is 96.1 cm³/mol. The molecule has 1 saturated heterocycles. The molecular weight excluding hydrogens is 300 g/mol. The van der Waals surface area contributed by atoms with Crippen molar-refractivity contribution < 1.29 is 9.59 Å². The molecule has 0 spiro atoms. The third-order valence-corrected chi connectivity index (χ3v) is 4.41.